The number of pyridine rings is 1. The second-order valence-corrected chi connectivity index (χ2v) is 3.59. The quantitative estimate of drug-likeness (QED) is 0.601. The van der Waals surface area contributed by atoms with E-state index in [0.29, 0.717) is 16.7 Å². The van der Waals surface area contributed by atoms with Crippen molar-refractivity contribution in [1.29, 1.82) is 0 Å². The van der Waals surface area contributed by atoms with Crippen LogP contribution in [-0.2, 0) is 0 Å². The van der Waals surface area contributed by atoms with Crippen molar-refractivity contribution in [2.75, 3.05) is 5.73 Å². The topological polar surface area (TPSA) is 43.3 Å². The van der Waals surface area contributed by atoms with Gasteiger partial charge in [-0.2, -0.15) is 0 Å². The SMILES string of the molecule is [C-]#[N+]c1ccc(-c2ccc(N)nc2Cl)cc1. The largest absolute Gasteiger partial charge is 0.384 e. The fourth-order valence-electron chi connectivity index (χ4n) is 1.38. The predicted octanol–water partition coefficient (Wildman–Crippen LogP) is 3.53. The highest BCUT2D eigenvalue weighted by atomic mass is 35.5. The summed E-state index contributed by atoms with van der Waals surface area (Å²) in [6.07, 6.45) is 0. The fraction of sp³-hybridized carbons (Fsp3) is 0. The van der Waals surface area contributed by atoms with E-state index in [-0.39, 0.29) is 0 Å². The van der Waals surface area contributed by atoms with Crippen molar-refractivity contribution in [3.63, 3.8) is 0 Å². The minimum absolute atomic E-state index is 0.371. The Labute approximate surface area is 98.3 Å². The maximum Gasteiger partial charge on any atom is 0.187 e. The first-order chi connectivity index (χ1) is 7.70. The van der Waals surface area contributed by atoms with Gasteiger partial charge in [-0.1, -0.05) is 35.9 Å². The molecule has 0 amide bonds. The van der Waals surface area contributed by atoms with Crippen LogP contribution in [0.4, 0.5) is 11.5 Å². The van der Waals surface area contributed by atoms with Crippen LogP contribution in [0.2, 0.25) is 5.15 Å². The first-order valence-electron chi connectivity index (χ1n) is 4.60. The van der Waals surface area contributed by atoms with Crippen LogP contribution in [0.25, 0.3) is 16.0 Å². The molecule has 2 N–H and O–H groups in total. The molecule has 1 heterocycles. The third-order valence-corrected chi connectivity index (χ3v) is 2.47. The monoisotopic (exact) mass is 229 g/mol. The highest BCUT2D eigenvalue weighted by Gasteiger charge is 2.04. The van der Waals surface area contributed by atoms with Crippen molar-refractivity contribution in [1.82, 2.24) is 4.98 Å². The molecule has 4 heteroatoms. The van der Waals surface area contributed by atoms with Crippen LogP contribution in [0.1, 0.15) is 0 Å². The number of nitrogen functional groups attached to an aromatic ring is 1. The molecule has 2 rings (SSSR count). The Morgan fingerprint density at radius 3 is 2.38 bits per heavy atom. The van der Waals surface area contributed by atoms with Crippen LogP contribution >= 0.6 is 11.6 Å². The average Bonchev–Trinajstić information content (AvgIpc) is 2.29. The lowest BCUT2D eigenvalue weighted by atomic mass is 10.1. The minimum atomic E-state index is 0.371. The number of rotatable bonds is 1. The fourth-order valence-corrected chi connectivity index (χ4v) is 1.65. The van der Waals surface area contributed by atoms with Gasteiger partial charge >= 0.3 is 0 Å². The number of halogens is 1. The van der Waals surface area contributed by atoms with Gasteiger partial charge in [0.1, 0.15) is 11.0 Å². The van der Waals surface area contributed by atoms with Gasteiger partial charge in [0.15, 0.2) is 5.69 Å². The molecular formula is C12H8ClN3. The lowest BCUT2D eigenvalue weighted by Crippen LogP contribution is -1.91. The summed E-state index contributed by atoms with van der Waals surface area (Å²) in [7, 11) is 0. The maximum absolute atomic E-state index is 6.86. The zero-order valence-corrected chi connectivity index (χ0v) is 9.07. The molecule has 16 heavy (non-hydrogen) atoms. The van der Waals surface area contributed by atoms with Gasteiger partial charge in [-0.25, -0.2) is 9.83 Å². The molecule has 0 saturated heterocycles. The summed E-state index contributed by atoms with van der Waals surface area (Å²) < 4.78 is 0. The van der Waals surface area contributed by atoms with Crippen molar-refractivity contribution < 1.29 is 0 Å². The molecule has 0 fully saturated rings. The van der Waals surface area contributed by atoms with Gasteiger partial charge < -0.3 is 5.73 Å². The van der Waals surface area contributed by atoms with Crippen LogP contribution in [-0.4, -0.2) is 4.98 Å². The lowest BCUT2D eigenvalue weighted by molar-refractivity contribution is 1.34. The summed E-state index contributed by atoms with van der Waals surface area (Å²) in [5.74, 6) is 0.395. The Morgan fingerprint density at radius 1 is 1.12 bits per heavy atom. The second kappa shape index (κ2) is 4.21. The molecule has 0 bridgehead atoms. The number of benzene rings is 1. The van der Waals surface area contributed by atoms with Gasteiger partial charge in [0, 0.05) is 5.56 Å². The Hall–Kier alpha value is -2.05. The number of hydrogen-bond acceptors (Lipinski definition) is 2. The van der Waals surface area contributed by atoms with E-state index in [4.69, 9.17) is 23.9 Å². The van der Waals surface area contributed by atoms with E-state index < -0.39 is 0 Å². The molecule has 1 aromatic heterocycles. The van der Waals surface area contributed by atoms with Crippen molar-refractivity contribution in [3.8, 4) is 11.1 Å². The Bertz CT molecular complexity index is 555. The van der Waals surface area contributed by atoms with Crippen LogP contribution in [0.5, 0.6) is 0 Å². The molecule has 0 saturated carbocycles. The zero-order valence-electron chi connectivity index (χ0n) is 8.31. The maximum atomic E-state index is 6.86. The van der Waals surface area contributed by atoms with Gasteiger partial charge in [0.05, 0.1) is 6.57 Å². The van der Waals surface area contributed by atoms with E-state index in [1.54, 1.807) is 18.2 Å². The van der Waals surface area contributed by atoms with Gasteiger partial charge in [-0.15, -0.1) is 0 Å². The van der Waals surface area contributed by atoms with E-state index >= 15 is 0 Å². The Kier molecular flexibility index (Phi) is 2.76. The number of nitrogens with two attached hydrogens (primary N) is 1. The van der Waals surface area contributed by atoms with Gasteiger partial charge in [-0.05, 0) is 17.7 Å². The molecule has 0 unspecified atom stereocenters. The van der Waals surface area contributed by atoms with Crippen LogP contribution < -0.4 is 5.73 Å². The Balaban J connectivity index is 2.47. The van der Waals surface area contributed by atoms with Crippen molar-refractivity contribution >= 4 is 23.1 Å². The standard InChI is InChI=1S/C12H8ClN3/c1-15-9-4-2-8(3-5-9)10-6-7-11(14)16-12(10)13/h2-7H,(H2,14,16). The van der Waals surface area contributed by atoms with E-state index in [9.17, 15) is 0 Å². The smallest absolute Gasteiger partial charge is 0.187 e. The van der Waals surface area contributed by atoms with Gasteiger partial charge in [-0.3, -0.25) is 0 Å². The summed E-state index contributed by atoms with van der Waals surface area (Å²) in [6.45, 7) is 6.86. The van der Waals surface area contributed by atoms with E-state index in [1.165, 1.54) is 0 Å². The van der Waals surface area contributed by atoms with E-state index in [0.717, 1.165) is 11.1 Å². The number of aromatic nitrogens is 1. The average molecular weight is 230 g/mol. The normalized spacial score (nSPS) is 9.75. The lowest BCUT2D eigenvalue weighted by Gasteiger charge is -2.04. The van der Waals surface area contributed by atoms with Gasteiger partial charge in [0.2, 0.25) is 0 Å². The molecule has 2 aromatic rings. The summed E-state index contributed by atoms with van der Waals surface area (Å²) in [6, 6.07) is 10.7. The first kappa shape index (κ1) is 10.5. The third-order valence-electron chi connectivity index (χ3n) is 2.18. The van der Waals surface area contributed by atoms with Crippen molar-refractivity contribution in [2.45, 2.75) is 0 Å². The highest BCUT2D eigenvalue weighted by molar-refractivity contribution is 6.32. The summed E-state index contributed by atoms with van der Waals surface area (Å²) in [4.78, 5) is 7.30. The molecule has 0 radical (unpaired) electrons. The summed E-state index contributed by atoms with van der Waals surface area (Å²) in [5.41, 5.74) is 7.85. The zero-order chi connectivity index (χ0) is 11.5. The molecule has 0 aliphatic rings. The molecule has 78 valence electrons. The predicted molar refractivity (Wildman–Crippen MR) is 65.4 cm³/mol. The number of anilines is 1. The molecule has 0 atom stereocenters. The van der Waals surface area contributed by atoms with Crippen LogP contribution in [0.15, 0.2) is 36.4 Å². The number of hydrogen-bond donors (Lipinski definition) is 1. The molecule has 1 aromatic carbocycles. The van der Waals surface area contributed by atoms with Crippen LogP contribution in [0, 0.1) is 6.57 Å². The first-order valence-corrected chi connectivity index (χ1v) is 4.98. The molecular weight excluding hydrogens is 222 g/mol. The minimum Gasteiger partial charge on any atom is -0.384 e. The van der Waals surface area contributed by atoms with E-state index in [1.807, 2.05) is 18.2 Å². The molecule has 3 nitrogen and oxygen atoms in total. The molecule has 0 aliphatic carbocycles. The number of nitrogens with zero attached hydrogens (tertiary/aromatic N) is 2. The highest BCUT2D eigenvalue weighted by Crippen LogP contribution is 2.28. The van der Waals surface area contributed by atoms with Gasteiger partial charge in [0.25, 0.3) is 0 Å². The van der Waals surface area contributed by atoms with Crippen LogP contribution in [0.3, 0.4) is 0 Å². The third kappa shape index (κ3) is 1.97. The van der Waals surface area contributed by atoms with Crippen molar-refractivity contribution in [3.05, 3.63) is 53.0 Å². The van der Waals surface area contributed by atoms with Crippen molar-refractivity contribution in [2.24, 2.45) is 0 Å². The Morgan fingerprint density at radius 2 is 1.81 bits per heavy atom. The summed E-state index contributed by atoms with van der Waals surface area (Å²) in [5, 5.41) is 0.371. The molecule has 0 aliphatic heterocycles. The van der Waals surface area contributed by atoms with E-state index in [2.05, 4.69) is 9.83 Å². The second-order valence-electron chi connectivity index (χ2n) is 3.23. The summed E-state index contributed by atoms with van der Waals surface area (Å²) >= 11 is 5.99. The molecule has 0 spiro atoms.